The Bertz CT molecular complexity index is 785. The van der Waals surface area contributed by atoms with Gasteiger partial charge >= 0.3 is 0 Å². The number of nitrogens with zero attached hydrogens (tertiary/aromatic N) is 4. The van der Waals surface area contributed by atoms with E-state index in [1.165, 1.54) is 19.3 Å². The van der Waals surface area contributed by atoms with Gasteiger partial charge in [0.1, 0.15) is 23.7 Å². The zero-order valence-corrected chi connectivity index (χ0v) is 15.3. The number of rotatable bonds is 2. The molecular weight excluding hydrogens is 316 g/mol. The van der Waals surface area contributed by atoms with Crippen molar-refractivity contribution in [2.75, 3.05) is 13.1 Å². The fourth-order valence-electron chi connectivity index (χ4n) is 4.86. The lowest BCUT2D eigenvalue weighted by atomic mass is 9.67. The Morgan fingerprint density at radius 3 is 2.64 bits per heavy atom. The van der Waals surface area contributed by atoms with Crippen LogP contribution in [0.3, 0.4) is 0 Å². The van der Waals surface area contributed by atoms with Crippen LogP contribution in [0, 0.1) is 19.3 Å². The summed E-state index contributed by atoms with van der Waals surface area (Å²) in [5.41, 5.74) is 0.837. The molecule has 2 aliphatic rings. The molecule has 2 aromatic rings. The molecule has 1 unspecified atom stereocenters. The van der Waals surface area contributed by atoms with Crippen LogP contribution < -0.4 is 0 Å². The van der Waals surface area contributed by atoms with Crippen molar-refractivity contribution < 1.29 is 9.21 Å². The smallest absolute Gasteiger partial charge is 0.257 e. The number of furan rings is 1. The average Bonchev–Trinajstić information content (AvgIpc) is 3.25. The third kappa shape index (κ3) is 2.68. The van der Waals surface area contributed by atoms with Crippen LogP contribution in [0.4, 0.5) is 0 Å². The second-order valence-electron chi connectivity index (χ2n) is 7.79. The summed E-state index contributed by atoms with van der Waals surface area (Å²) in [6.07, 6.45) is 7.86. The van der Waals surface area contributed by atoms with Gasteiger partial charge in [0.05, 0.1) is 5.56 Å². The van der Waals surface area contributed by atoms with E-state index in [1.807, 2.05) is 36.4 Å². The van der Waals surface area contributed by atoms with Crippen LogP contribution in [0.2, 0.25) is 0 Å². The molecule has 0 radical (unpaired) electrons. The van der Waals surface area contributed by atoms with Gasteiger partial charge in [0.15, 0.2) is 0 Å². The van der Waals surface area contributed by atoms with E-state index in [2.05, 4.69) is 10.2 Å². The van der Waals surface area contributed by atoms with E-state index in [4.69, 9.17) is 4.42 Å². The molecule has 4 rings (SSSR count). The maximum absolute atomic E-state index is 13.1. The van der Waals surface area contributed by atoms with Crippen molar-refractivity contribution in [2.24, 2.45) is 12.5 Å². The minimum Gasteiger partial charge on any atom is -0.466 e. The van der Waals surface area contributed by atoms with Gasteiger partial charge in [-0.15, -0.1) is 10.2 Å². The monoisotopic (exact) mass is 342 g/mol. The first-order valence-corrected chi connectivity index (χ1v) is 9.20. The Morgan fingerprint density at radius 2 is 2.04 bits per heavy atom. The lowest BCUT2D eigenvalue weighted by Crippen LogP contribution is -2.34. The van der Waals surface area contributed by atoms with Gasteiger partial charge in [-0.25, -0.2) is 0 Å². The number of amides is 1. The van der Waals surface area contributed by atoms with Crippen molar-refractivity contribution in [3.05, 3.63) is 35.3 Å². The van der Waals surface area contributed by atoms with Crippen LogP contribution in [0.5, 0.6) is 0 Å². The molecule has 1 aliphatic carbocycles. The molecule has 134 valence electrons. The Balaban J connectivity index is 1.67. The molecule has 1 amide bonds. The second-order valence-corrected chi connectivity index (χ2v) is 7.79. The van der Waals surface area contributed by atoms with E-state index in [9.17, 15) is 4.79 Å². The van der Waals surface area contributed by atoms with Crippen LogP contribution in [-0.2, 0) is 7.05 Å². The van der Waals surface area contributed by atoms with Crippen LogP contribution in [-0.4, -0.2) is 38.7 Å². The van der Waals surface area contributed by atoms with E-state index in [0.29, 0.717) is 11.3 Å². The number of carbonyl (C=O) groups is 1. The molecule has 2 aromatic heterocycles. The molecule has 1 saturated heterocycles. The third-order valence-electron chi connectivity index (χ3n) is 6.11. The SMILES string of the molecule is Cc1cc(C(=O)N2CC(c3nncn3C)C3(CCCCC3)C2)c(C)o1. The molecule has 0 bridgehead atoms. The number of aromatic nitrogens is 3. The average molecular weight is 342 g/mol. The highest BCUT2D eigenvalue weighted by molar-refractivity contribution is 5.95. The van der Waals surface area contributed by atoms with Crippen LogP contribution in [0.15, 0.2) is 16.8 Å². The first-order valence-electron chi connectivity index (χ1n) is 9.20. The fourth-order valence-corrected chi connectivity index (χ4v) is 4.86. The van der Waals surface area contributed by atoms with Gasteiger partial charge in [-0.2, -0.15) is 0 Å². The zero-order chi connectivity index (χ0) is 17.6. The topological polar surface area (TPSA) is 64.2 Å². The summed E-state index contributed by atoms with van der Waals surface area (Å²) in [7, 11) is 2.00. The second kappa shape index (κ2) is 6.00. The molecule has 25 heavy (non-hydrogen) atoms. The third-order valence-corrected chi connectivity index (χ3v) is 6.11. The first-order chi connectivity index (χ1) is 12.0. The normalized spacial score (nSPS) is 22.7. The minimum absolute atomic E-state index is 0.0870. The molecule has 1 aliphatic heterocycles. The molecule has 1 saturated carbocycles. The van der Waals surface area contributed by atoms with Gasteiger partial charge in [0.25, 0.3) is 5.91 Å². The highest BCUT2D eigenvalue weighted by Gasteiger charge is 2.50. The minimum atomic E-state index is 0.0870. The standard InChI is InChI=1S/C19H26N4O2/c1-13-9-15(14(2)25-13)18(24)23-10-16(17-21-20-12-22(17)3)19(11-23)7-5-4-6-8-19/h9,12,16H,4-8,10-11H2,1-3H3. The summed E-state index contributed by atoms with van der Waals surface area (Å²) in [5.74, 6) is 2.86. The molecule has 0 N–H and O–H groups in total. The van der Waals surface area contributed by atoms with Crippen LogP contribution in [0.1, 0.15) is 65.7 Å². The summed E-state index contributed by atoms with van der Waals surface area (Å²) in [6, 6.07) is 1.86. The van der Waals surface area contributed by atoms with E-state index < -0.39 is 0 Å². The Morgan fingerprint density at radius 1 is 1.28 bits per heavy atom. The van der Waals surface area contributed by atoms with Crippen molar-refractivity contribution in [3.63, 3.8) is 0 Å². The predicted octanol–water partition coefficient (Wildman–Crippen LogP) is 3.22. The van der Waals surface area contributed by atoms with Gasteiger partial charge in [-0.1, -0.05) is 19.3 Å². The number of likely N-dealkylation sites (tertiary alicyclic amines) is 1. The van der Waals surface area contributed by atoms with E-state index >= 15 is 0 Å². The number of carbonyl (C=O) groups excluding carboxylic acids is 1. The summed E-state index contributed by atoms with van der Waals surface area (Å²) in [6.45, 7) is 5.29. The molecule has 1 atom stereocenters. The van der Waals surface area contributed by atoms with E-state index in [1.54, 1.807) is 6.33 Å². The van der Waals surface area contributed by atoms with Crippen molar-refractivity contribution in [1.82, 2.24) is 19.7 Å². The molecule has 0 aromatic carbocycles. The first kappa shape index (κ1) is 16.4. The van der Waals surface area contributed by atoms with Crippen molar-refractivity contribution in [1.29, 1.82) is 0 Å². The number of aryl methyl sites for hydroxylation is 3. The molecule has 6 nitrogen and oxygen atoms in total. The quantitative estimate of drug-likeness (QED) is 0.840. The van der Waals surface area contributed by atoms with E-state index in [0.717, 1.165) is 37.5 Å². The Kier molecular flexibility index (Phi) is 3.93. The predicted molar refractivity (Wildman–Crippen MR) is 93.3 cm³/mol. The summed E-state index contributed by atoms with van der Waals surface area (Å²) in [5, 5.41) is 8.48. The van der Waals surface area contributed by atoms with Crippen molar-refractivity contribution >= 4 is 5.91 Å². The van der Waals surface area contributed by atoms with Gasteiger partial charge in [0.2, 0.25) is 0 Å². The lowest BCUT2D eigenvalue weighted by Gasteiger charge is -2.37. The molecule has 6 heteroatoms. The Labute approximate surface area is 148 Å². The zero-order valence-electron chi connectivity index (χ0n) is 15.3. The van der Waals surface area contributed by atoms with Crippen LogP contribution >= 0.6 is 0 Å². The highest BCUT2D eigenvalue weighted by Crippen LogP contribution is 2.51. The van der Waals surface area contributed by atoms with Crippen LogP contribution in [0.25, 0.3) is 0 Å². The van der Waals surface area contributed by atoms with Crippen molar-refractivity contribution in [2.45, 2.75) is 51.9 Å². The summed E-state index contributed by atoms with van der Waals surface area (Å²) in [4.78, 5) is 15.1. The van der Waals surface area contributed by atoms with Crippen molar-refractivity contribution in [3.8, 4) is 0 Å². The molecule has 2 fully saturated rings. The number of hydrogen-bond donors (Lipinski definition) is 0. The maximum atomic E-state index is 13.1. The summed E-state index contributed by atoms with van der Waals surface area (Å²) >= 11 is 0. The van der Waals surface area contributed by atoms with Gasteiger partial charge in [-0.3, -0.25) is 4.79 Å². The maximum Gasteiger partial charge on any atom is 0.257 e. The molecule has 3 heterocycles. The Hall–Kier alpha value is -2.11. The molecule has 1 spiro atoms. The largest absolute Gasteiger partial charge is 0.466 e. The van der Waals surface area contributed by atoms with E-state index in [-0.39, 0.29) is 17.2 Å². The highest BCUT2D eigenvalue weighted by atomic mass is 16.3. The molecular formula is C19H26N4O2. The lowest BCUT2D eigenvalue weighted by molar-refractivity contribution is 0.0756. The van der Waals surface area contributed by atoms with Gasteiger partial charge in [0, 0.05) is 26.1 Å². The number of hydrogen-bond acceptors (Lipinski definition) is 4. The summed E-state index contributed by atoms with van der Waals surface area (Å²) < 4.78 is 7.59. The van der Waals surface area contributed by atoms with Gasteiger partial charge < -0.3 is 13.9 Å². The fraction of sp³-hybridized carbons (Fsp3) is 0.632. The van der Waals surface area contributed by atoms with Gasteiger partial charge in [-0.05, 0) is 38.2 Å².